The van der Waals surface area contributed by atoms with Crippen molar-refractivity contribution >= 4 is 33.3 Å². The standard InChI is InChI=1S/C23H29N5OS/c1-2-27-11-13-28(14-12-27)22-8-7-18(15-25-22)16-26-23(29)24-10-9-19-17-30-21-6-4-3-5-20(19)21/h3-8,15,17H,2,9-14,16H2,1H3,(H2,24,26,29). The summed E-state index contributed by atoms with van der Waals surface area (Å²) in [5.41, 5.74) is 2.29. The van der Waals surface area contributed by atoms with Crippen LogP contribution in [0, 0.1) is 0 Å². The first-order valence-corrected chi connectivity index (χ1v) is 11.5. The number of amides is 2. The molecule has 1 aromatic carbocycles. The molecule has 0 atom stereocenters. The van der Waals surface area contributed by atoms with Crippen molar-refractivity contribution in [1.82, 2.24) is 20.5 Å². The van der Waals surface area contributed by atoms with Gasteiger partial charge in [0.15, 0.2) is 0 Å². The van der Waals surface area contributed by atoms with Gasteiger partial charge in [-0.3, -0.25) is 0 Å². The third kappa shape index (κ3) is 5.09. The Morgan fingerprint density at radius 2 is 1.93 bits per heavy atom. The predicted molar refractivity (Wildman–Crippen MR) is 124 cm³/mol. The van der Waals surface area contributed by atoms with Crippen molar-refractivity contribution in [2.24, 2.45) is 0 Å². The maximum absolute atomic E-state index is 12.1. The first kappa shape index (κ1) is 20.6. The zero-order valence-electron chi connectivity index (χ0n) is 17.4. The van der Waals surface area contributed by atoms with Crippen LogP contribution in [0.2, 0.25) is 0 Å². The quantitative estimate of drug-likeness (QED) is 0.611. The van der Waals surface area contributed by atoms with E-state index >= 15 is 0 Å². The number of likely N-dealkylation sites (N-methyl/N-ethyl adjacent to an activating group) is 1. The molecule has 7 heteroatoms. The van der Waals surface area contributed by atoms with E-state index in [2.05, 4.69) is 68.1 Å². The number of anilines is 1. The topological polar surface area (TPSA) is 60.5 Å². The molecular formula is C23H29N5OS. The van der Waals surface area contributed by atoms with E-state index in [1.807, 2.05) is 12.3 Å². The number of urea groups is 1. The minimum atomic E-state index is -0.144. The molecule has 6 nitrogen and oxygen atoms in total. The van der Waals surface area contributed by atoms with Crippen LogP contribution in [0.15, 0.2) is 48.0 Å². The largest absolute Gasteiger partial charge is 0.354 e. The van der Waals surface area contributed by atoms with Crippen LogP contribution in [-0.2, 0) is 13.0 Å². The fourth-order valence-corrected chi connectivity index (χ4v) is 4.78. The fourth-order valence-electron chi connectivity index (χ4n) is 3.78. The smallest absolute Gasteiger partial charge is 0.315 e. The molecule has 158 valence electrons. The number of piperazine rings is 1. The Morgan fingerprint density at radius 1 is 1.10 bits per heavy atom. The van der Waals surface area contributed by atoms with Crippen LogP contribution >= 0.6 is 11.3 Å². The van der Waals surface area contributed by atoms with Gasteiger partial charge in [0.05, 0.1) is 0 Å². The summed E-state index contributed by atoms with van der Waals surface area (Å²) in [6.45, 7) is 8.61. The van der Waals surface area contributed by atoms with Gasteiger partial charge in [-0.1, -0.05) is 31.2 Å². The molecule has 4 rings (SSSR count). The second-order valence-corrected chi connectivity index (χ2v) is 8.47. The number of hydrogen-bond acceptors (Lipinski definition) is 5. The highest BCUT2D eigenvalue weighted by molar-refractivity contribution is 7.17. The van der Waals surface area contributed by atoms with Gasteiger partial charge < -0.3 is 20.4 Å². The molecule has 0 spiro atoms. The number of nitrogens with one attached hydrogen (secondary N) is 2. The molecule has 0 aliphatic carbocycles. The molecule has 1 saturated heterocycles. The number of nitrogens with zero attached hydrogens (tertiary/aromatic N) is 3. The molecule has 0 radical (unpaired) electrons. The molecule has 0 bridgehead atoms. The fraction of sp³-hybridized carbons (Fsp3) is 0.391. The van der Waals surface area contributed by atoms with E-state index in [9.17, 15) is 4.79 Å². The second-order valence-electron chi connectivity index (χ2n) is 7.56. The molecule has 2 amide bonds. The van der Waals surface area contributed by atoms with Gasteiger partial charge in [0, 0.05) is 50.2 Å². The van der Waals surface area contributed by atoms with E-state index in [0.717, 1.165) is 50.5 Å². The molecule has 2 aromatic heterocycles. The van der Waals surface area contributed by atoms with Crippen molar-refractivity contribution in [3.63, 3.8) is 0 Å². The molecule has 1 aliphatic rings. The molecule has 0 saturated carbocycles. The second kappa shape index (κ2) is 9.91. The Hall–Kier alpha value is -2.64. The molecule has 0 unspecified atom stereocenters. The van der Waals surface area contributed by atoms with Gasteiger partial charge >= 0.3 is 6.03 Å². The number of rotatable bonds is 7. The first-order chi connectivity index (χ1) is 14.7. The van der Waals surface area contributed by atoms with Gasteiger partial charge in [0.25, 0.3) is 0 Å². The van der Waals surface area contributed by atoms with Crippen LogP contribution in [0.5, 0.6) is 0 Å². The molecular weight excluding hydrogens is 394 g/mol. The number of carbonyl (C=O) groups excluding carboxylic acids is 1. The van der Waals surface area contributed by atoms with E-state index < -0.39 is 0 Å². The predicted octanol–water partition coefficient (Wildman–Crippen LogP) is 3.48. The summed E-state index contributed by atoms with van der Waals surface area (Å²) < 4.78 is 1.29. The number of fused-ring (bicyclic) bond motifs is 1. The van der Waals surface area contributed by atoms with Crippen molar-refractivity contribution in [2.75, 3.05) is 44.2 Å². The summed E-state index contributed by atoms with van der Waals surface area (Å²) in [7, 11) is 0. The van der Waals surface area contributed by atoms with Crippen LogP contribution < -0.4 is 15.5 Å². The van der Waals surface area contributed by atoms with Crippen LogP contribution in [0.1, 0.15) is 18.1 Å². The lowest BCUT2D eigenvalue weighted by molar-refractivity contribution is 0.240. The van der Waals surface area contributed by atoms with Crippen LogP contribution in [-0.4, -0.2) is 55.2 Å². The van der Waals surface area contributed by atoms with Crippen molar-refractivity contribution in [1.29, 1.82) is 0 Å². The third-order valence-corrected chi connectivity index (χ3v) is 6.66. The van der Waals surface area contributed by atoms with Gasteiger partial charge in [-0.2, -0.15) is 0 Å². The maximum Gasteiger partial charge on any atom is 0.315 e. The van der Waals surface area contributed by atoms with Crippen LogP contribution in [0.4, 0.5) is 10.6 Å². The Balaban J connectivity index is 1.19. The Labute approximate surface area is 181 Å². The highest BCUT2D eigenvalue weighted by Crippen LogP contribution is 2.25. The summed E-state index contributed by atoms with van der Waals surface area (Å²) in [6.07, 6.45) is 2.69. The lowest BCUT2D eigenvalue weighted by Gasteiger charge is -2.34. The van der Waals surface area contributed by atoms with Crippen LogP contribution in [0.25, 0.3) is 10.1 Å². The number of pyridine rings is 1. The Bertz CT molecular complexity index is 963. The Kier molecular flexibility index (Phi) is 6.81. The van der Waals surface area contributed by atoms with Crippen molar-refractivity contribution in [2.45, 2.75) is 19.9 Å². The van der Waals surface area contributed by atoms with E-state index in [1.54, 1.807) is 11.3 Å². The third-order valence-electron chi connectivity index (χ3n) is 5.65. The summed E-state index contributed by atoms with van der Waals surface area (Å²) in [5.74, 6) is 1.02. The van der Waals surface area contributed by atoms with Crippen molar-refractivity contribution < 1.29 is 4.79 Å². The van der Waals surface area contributed by atoms with E-state index in [-0.39, 0.29) is 6.03 Å². The zero-order valence-corrected chi connectivity index (χ0v) is 18.3. The normalized spacial score (nSPS) is 14.8. The number of aromatic nitrogens is 1. The number of thiophene rings is 1. The number of hydrogen-bond donors (Lipinski definition) is 2. The van der Waals surface area contributed by atoms with Gasteiger partial charge in [-0.25, -0.2) is 9.78 Å². The lowest BCUT2D eigenvalue weighted by Crippen LogP contribution is -2.46. The maximum atomic E-state index is 12.1. The monoisotopic (exact) mass is 423 g/mol. The molecule has 1 aliphatic heterocycles. The number of carbonyl (C=O) groups is 1. The van der Waals surface area contributed by atoms with E-state index in [4.69, 9.17) is 0 Å². The van der Waals surface area contributed by atoms with E-state index in [1.165, 1.54) is 15.6 Å². The zero-order chi connectivity index (χ0) is 20.8. The first-order valence-electron chi connectivity index (χ1n) is 10.6. The number of benzene rings is 1. The van der Waals surface area contributed by atoms with Crippen molar-refractivity contribution in [3.8, 4) is 0 Å². The summed E-state index contributed by atoms with van der Waals surface area (Å²) in [5, 5.41) is 9.34. The van der Waals surface area contributed by atoms with Gasteiger partial charge in [0.2, 0.25) is 0 Å². The minimum absolute atomic E-state index is 0.144. The van der Waals surface area contributed by atoms with E-state index in [0.29, 0.717) is 13.1 Å². The average molecular weight is 424 g/mol. The van der Waals surface area contributed by atoms with Gasteiger partial charge in [0.1, 0.15) is 5.82 Å². The lowest BCUT2D eigenvalue weighted by atomic mass is 10.1. The van der Waals surface area contributed by atoms with Gasteiger partial charge in [-0.05, 0) is 47.0 Å². The molecule has 2 N–H and O–H groups in total. The summed E-state index contributed by atoms with van der Waals surface area (Å²) in [4.78, 5) is 21.5. The summed E-state index contributed by atoms with van der Waals surface area (Å²) in [6, 6.07) is 12.3. The summed E-state index contributed by atoms with van der Waals surface area (Å²) >= 11 is 1.75. The Morgan fingerprint density at radius 3 is 2.70 bits per heavy atom. The molecule has 30 heavy (non-hydrogen) atoms. The molecule has 3 heterocycles. The average Bonchev–Trinajstić information content (AvgIpc) is 3.21. The minimum Gasteiger partial charge on any atom is -0.354 e. The highest BCUT2D eigenvalue weighted by atomic mass is 32.1. The molecule has 1 fully saturated rings. The molecule has 3 aromatic rings. The van der Waals surface area contributed by atoms with Crippen LogP contribution in [0.3, 0.4) is 0 Å². The SMILES string of the molecule is CCN1CCN(c2ccc(CNC(=O)NCCc3csc4ccccc34)cn2)CC1. The van der Waals surface area contributed by atoms with Crippen molar-refractivity contribution in [3.05, 3.63) is 59.1 Å². The van der Waals surface area contributed by atoms with Gasteiger partial charge in [-0.15, -0.1) is 11.3 Å². The highest BCUT2D eigenvalue weighted by Gasteiger charge is 2.16.